The zero-order valence-electron chi connectivity index (χ0n) is 9.19. The topological polar surface area (TPSA) is 55.5 Å². The summed E-state index contributed by atoms with van der Waals surface area (Å²) >= 11 is 4.89. The van der Waals surface area contributed by atoms with Crippen molar-refractivity contribution in [3.8, 4) is 5.75 Å². The Hall–Kier alpha value is -1.13. The van der Waals surface area contributed by atoms with Crippen molar-refractivity contribution in [2.75, 3.05) is 13.2 Å². The van der Waals surface area contributed by atoms with Gasteiger partial charge in [0.1, 0.15) is 10.7 Å². The molecule has 0 atom stereocenters. The van der Waals surface area contributed by atoms with Crippen LogP contribution in [-0.4, -0.2) is 23.3 Å². The van der Waals surface area contributed by atoms with Gasteiger partial charge in [0.05, 0.1) is 6.61 Å². The summed E-state index contributed by atoms with van der Waals surface area (Å²) in [5, 5.41) is 8.61. The third-order valence-corrected chi connectivity index (χ3v) is 2.43. The van der Waals surface area contributed by atoms with Gasteiger partial charge in [-0.2, -0.15) is 0 Å². The normalized spacial score (nSPS) is 10.1. The Morgan fingerprint density at radius 2 is 2.12 bits per heavy atom. The summed E-state index contributed by atoms with van der Waals surface area (Å²) in [5.41, 5.74) is 6.35. The first-order chi connectivity index (χ1) is 7.74. The van der Waals surface area contributed by atoms with E-state index in [9.17, 15) is 0 Å². The number of hydrogen-bond donors (Lipinski definition) is 2. The van der Waals surface area contributed by atoms with Gasteiger partial charge in [-0.15, -0.1) is 0 Å². The smallest absolute Gasteiger partial charge is 0.119 e. The Balaban J connectivity index is 2.36. The highest BCUT2D eigenvalue weighted by atomic mass is 32.1. The third kappa shape index (κ3) is 4.59. The van der Waals surface area contributed by atoms with Crippen LogP contribution >= 0.6 is 12.2 Å². The zero-order chi connectivity index (χ0) is 11.8. The number of rotatable bonds is 7. The molecule has 0 heterocycles. The second-order valence-electron chi connectivity index (χ2n) is 3.52. The fourth-order valence-electron chi connectivity index (χ4n) is 1.32. The van der Waals surface area contributed by atoms with Crippen molar-refractivity contribution in [1.29, 1.82) is 0 Å². The average molecular weight is 239 g/mol. The molecule has 0 saturated carbocycles. The highest BCUT2D eigenvalue weighted by Crippen LogP contribution is 2.13. The van der Waals surface area contributed by atoms with E-state index in [4.69, 9.17) is 27.8 Å². The summed E-state index contributed by atoms with van der Waals surface area (Å²) in [6.07, 6.45) is 2.75. The van der Waals surface area contributed by atoms with Gasteiger partial charge in [0.25, 0.3) is 0 Å². The van der Waals surface area contributed by atoms with Crippen LogP contribution in [0.1, 0.15) is 24.8 Å². The van der Waals surface area contributed by atoms with Gasteiger partial charge in [0.15, 0.2) is 0 Å². The van der Waals surface area contributed by atoms with Crippen molar-refractivity contribution in [3.63, 3.8) is 0 Å². The van der Waals surface area contributed by atoms with Crippen molar-refractivity contribution >= 4 is 17.2 Å². The summed E-state index contributed by atoms with van der Waals surface area (Å²) in [5.74, 6) is 0.786. The van der Waals surface area contributed by atoms with E-state index in [1.54, 1.807) is 0 Å². The number of benzene rings is 1. The minimum atomic E-state index is 0.247. The van der Waals surface area contributed by atoms with Gasteiger partial charge < -0.3 is 15.6 Å². The number of aliphatic hydroxyl groups excluding tert-OH is 1. The average Bonchev–Trinajstić information content (AvgIpc) is 2.29. The molecule has 0 saturated heterocycles. The first kappa shape index (κ1) is 12.9. The van der Waals surface area contributed by atoms with Crippen LogP contribution in [0.2, 0.25) is 0 Å². The first-order valence-corrected chi connectivity index (χ1v) is 5.78. The van der Waals surface area contributed by atoms with Crippen molar-refractivity contribution in [2.45, 2.75) is 19.3 Å². The maximum Gasteiger partial charge on any atom is 0.119 e. The number of ether oxygens (including phenoxy) is 1. The monoisotopic (exact) mass is 239 g/mol. The van der Waals surface area contributed by atoms with Crippen LogP contribution in [-0.2, 0) is 0 Å². The highest BCUT2D eigenvalue weighted by molar-refractivity contribution is 7.80. The summed E-state index contributed by atoms with van der Waals surface area (Å²) in [7, 11) is 0. The molecule has 3 N–H and O–H groups in total. The van der Waals surface area contributed by atoms with E-state index in [0.717, 1.165) is 30.6 Å². The van der Waals surface area contributed by atoms with Crippen molar-refractivity contribution in [1.82, 2.24) is 0 Å². The maximum absolute atomic E-state index is 8.61. The molecule has 16 heavy (non-hydrogen) atoms. The molecular weight excluding hydrogens is 222 g/mol. The molecular formula is C12H17NO2S. The van der Waals surface area contributed by atoms with Crippen LogP contribution in [0.4, 0.5) is 0 Å². The molecule has 0 unspecified atom stereocenters. The van der Waals surface area contributed by atoms with Crippen LogP contribution in [0, 0.1) is 0 Å². The predicted molar refractivity (Wildman–Crippen MR) is 68.8 cm³/mol. The lowest BCUT2D eigenvalue weighted by Crippen LogP contribution is -2.09. The molecule has 0 aromatic heterocycles. The SMILES string of the molecule is NC(=S)c1cccc(OCCCCCO)c1. The Morgan fingerprint density at radius 1 is 1.31 bits per heavy atom. The molecule has 0 amide bonds. The van der Waals surface area contributed by atoms with Crippen LogP contribution in [0.5, 0.6) is 5.75 Å². The minimum absolute atomic E-state index is 0.247. The van der Waals surface area contributed by atoms with Crippen molar-refractivity contribution < 1.29 is 9.84 Å². The van der Waals surface area contributed by atoms with E-state index in [1.807, 2.05) is 24.3 Å². The second kappa shape index (κ2) is 7.19. The van der Waals surface area contributed by atoms with Crippen LogP contribution in [0.25, 0.3) is 0 Å². The Bertz CT molecular complexity index is 342. The van der Waals surface area contributed by atoms with E-state index in [-0.39, 0.29) is 6.61 Å². The second-order valence-corrected chi connectivity index (χ2v) is 3.96. The van der Waals surface area contributed by atoms with Gasteiger partial charge in [0, 0.05) is 12.2 Å². The fraction of sp³-hybridized carbons (Fsp3) is 0.417. The number of thiocarbonyl (C=S) groups is 1. The molecule has 0 aliphatic heterocycles. The molecule has 0 aliphatic carbocycles. The van der Waals surface area contributed by atoms with Gasteiger partial charge in [-0.3, -0.25) is 0 Å². The standard InChI is InChI=1S/C12H17NO2S/c13-12(16)10-5-4-6-11(9-10)15-8-3-1-2-7-14/h4-6,9,14H,1-3,7-8H2,(H2,13,16). The van der Waals surface area contributed by atoms with Crippen molar-refractivity contribution in [2.24, 2.45) is 5.73 Å². The van der Waals surface area contributed by atoms with E-state index >= 15 is 0 Å². The predicted octanol–water partition coefficient (Wildman–Crippen LogP) is 1.86. The van der Waals surface area contributed by atoms with Crippen LogP contribution in [0.15, 0.2) is 24.3 Å². The summed E-state index contributed by atoms with van der Waals surface area (Å²) in [6, 6.07) is 7.46. The minimum Gasteiger partial charge on any atom is -0.494 e. The lowest BCUT2D eigenvalue weighted by molar-refractivity contribution is 0.266. The number of unbranched alkanes of at least 4 members (excludes halogenated alkanes) is 2. The van der Waals surface area contributed by atoms with Gasteiger partial charge >= 0.3 is 0 Å². The molecule has 1 aromatic rings. The van der Waals surface area contributed by atoms with E-state index in [2.05, 4.69) is 0 Å². The first-order valence-electron chi connectivity index (χ1n) is 5.37. The van der Waals surface area contributed by atoms with Crippen molar-refractivity contribution in [3.05, 3.63) is 29.8 Å². The molecule has 0 spiro atoms. The van der Waals surface area contributed by atoms with Gasteiger partial charge in [0.2, 0.25) is 0 Å². The molecule has 3 nitrogen and oxygen atoms in total. The van der Waals surface area contributed by atoms with E-state index in [0.29, 0.717) is 11.6 Å². The molecule has 1 rings (SSSR count). The number of hydrogen-bond acceptors (Lipinski definition) is 3. The number of aliphatic hydroxyl groups is 1. The largest absolute Gasteiger partial charge is 0.494 e. The molecule has 1 aromatic carbocycles. The van der Waals surface area contributed by atoms with Crippen LogP contribution < -0.4 is 10.5 Å². The van der Waals surface area contributed by atoms with E-state index in [1.165, 1.54) is 0 Å². The molecule has 0 aliphatic rings. The molecule has 0 bridgehead atoms. The van der Waals surface area contributed by atoms with Gasteiger partial charge in [-0.25, -0.2) is 0 Å². The summed E-state index contributed by atoms with van der Waals surface area (Å²) < 4.78 is 5.55. The number of nitrogens with two attached hydrogens (primary N) is 1. The lowest BCUT2D eigenvalue weighted by Gasteiger charge is -2.07. The molecule has 4 heteroatoms. The Labute approximate surface area is 101 Å². The van der Waals surface area contributed by atoms with E-state index < -0.39 is 0 Å². The Kier molecular flexibility index (Phi) is 5.82. The Morgan fingerprint density at radius 3 is 2.81 bits per heavy atom. The van der Waals surface area contributed by atoms with Crippen LogP contribution in [0.3, 0.4) is 0 Å². The maximum atomic E-state index is 8.61. The van der Waals surface area contributed by atoms with Gasteiger partial charge in [-0.05, 0) is 31.4 Å². The highest BCUT2D eigenvalue weighted by Gasteiger charge is 1.98. The zero-order valence-corrected chi connectivity index (χ0v) is 10.0. The quantitative estimate of drug-likeness (QED) is 0.563. The lowest BCUT2D eigenvalue weighted by atomic mass is 10.2. The molecule has 0 fully saturated rings. The molecule has 88 valence electrons. The summed E-state index contributed by atoms with van der Waals surface area (Å²) in [6.45, 7) is 0.901. The molecule has 0 radical (unpaired) electrons. The third-order valence-electron chi connectivity index (χ3n) is 2.19. The summed E-state index contributed by atoms with van der Waals surface area (Å²) in [4.78, 5) is 0.380. The van der Waals surface area contributed by atoms with Gasteiger partial charge in [-0.1, -0.05) is 24.4 Å². The fourth-order valence-corrected chi connectivity index (χ4v) is 1.45.